The SMILES string of the molecule is COc1cc(NC2C(=O)Nc3ccc(C)cc32)cc(OC)c1. The van der Waals surface area contributed by atoms with Gasteiger partial charge in [-0.15, -0.1) is 0 Å². The smallest absolute Gasteiger partial charge is 0.251 e. The average Bonchev–Trinajstić information content (AvgIpc) is 2.82. The van der Waals surface area contributed by atoms with Crippen molar-refractivity contribution >= 4 is 17.3 Å². The van der Waals surface area contributed by atoms with Crippen LogP contribution in [0.5, 0.6) is 11.5 Å². The highest BCUT2D eigenvalue weighted by Gasteiger charge is 2.30. The lowest BCUT2D eigenvalue weighted by atomic mass is 10.0. The standard InChI is InChI=1S/C17H18N2O3/c1-10-4-5-15-14(6-10)16(17(20)19-15)18-11-7-12(21-2)9-13(8-11)22-3/h4-9,16,18H,1-3H3,(H,19,20). The summed E-state index contributed by atoms with van der Waals surface area (Å²) in [5, 5.41) is 6.14. The van der Waals surface area contributed by atoms with E-state index in [2.05, 4.69) is 10.6 Å². The van der Waals surface area contributed by atoms with Crippen LogP contribution in [-0.4, -0.2) is 20.1 Å². The molecular weight excluding hydrogens is 280 g/mol. The van der Waals surface area contributed by atoms with E-state index in [0.717, 1.165) is 22.5 Å². The summed E-state index contributed by atoms with van der Waals surface area (Å²) < 4.78 is 10.5. The minimum absolute atomic E-state index is 0.0672. The predicted molar refractivity (Wildman–Crippen MR) is 85.7 cm³/mol. The molecule has 1 heterocycles. The van der Waals surface area contributed by atoms with Crippen LogP contribution in [0.15, 0.2) is 36.4 Å². The number of carbonyl (C=O) groups excluding carboxylic acids is 1. The summed E-state index contributed by atoms with van der Waals surface area (Å²) in [5.41, 5.74) is 3.69. The average molecular weight is 298 g/mol. The highest BCUT2D eigenvalue weighted by atomic mass is 16.5. The Bertz CT molecular complexity index is 706. The van der Waals surface area contributed by atoms with Gasteiger partial charge in [-0.2, -0.15) is 0 Å². The normalized spacial score (nSPS) is 16.0. The van der Waals surface area contributed by atoms with Gasteiger partial charge in [0.2, 0.25) is 0 Å². The number of ether oxygens (including phenoxy) is 2. The summed E-state index contributed by atoms with van der Waals surface area (Å²) in [4.78, 5) is 12.2. The fourth-order valence-electron chi connectivity index (χ4n) is 2.58. The largest absolute Gasteiger partial charge is 0.497 e. The zero-order chi connectivity index (χ0) is 15.7. The Morgan fingerprint density at radius 1 is 1.05 bits per heavy atom. The van der Waals surface area contributed by atoms with Crippen molar-refractivity contribution in [1.82, 2.24) is 0 Å². The third kappa shape index (κ3) is 2.57. The molecule has 0 bridgehead atoms. The lowest BCUT2D eigenvalue weighted by Crippen LogP contribution is -2.19. The second-order valence-corrected chi connectivity index (χ2v) is 5.26. The number of benzene rings is 2. The van der Waals surface area contributed by atoms with E-state index in [-0.39, 0.29) is 5.91 Å². The van der Waals surface area contributed by atoms with Crippen LogP contribution in [0.2, 0.25) is 0 Å². The van der Waals surface area contributed by atoms with Crippen molar-refractivity contribution in [3.05, 3.63) is 47.5 Å². The van der Waals surface area contributed by atoms with Gasteiger partial charge in [0.15, 0.2) is 0 Å². The van der Waals surface area contributed by atoms with Crippen molar-refractivity contribution in [1.29, 1.82) is 0 Å². The van der Waals surface area contributed by atoms with Gasteiger partial charge in [0.05, 0.1) is 14.2 Å². The number of hydrogen-bond acceptors (Lipinski definition) is 4. The molecular formula is C17H18N2O3. The Kier molecular flexibility index (Phi) is 3.63. The van der Waals surface area contributed by atoms with Gasteiger partial charge >= 0.3 is 0 Å². The minimum atomic E-state index is -0.424. The number of fused-ring (bicyclic) bond motifs is 1. The van der Waals surface area contributed by atoms with Gasteiger partial charge in [-0.1, -0.05) is 17.7 Å². The van der Waals surface area contributed by atoms with Gasteiger partial charge in [-0.05, 0) is 13.0 Å². The number of nitrogens with one attached hydrogen (secondary N) is 2. The first-order valence-corrected chi connectivity index (χ1v) is 7.01. The lowest BCUT2D eigenvalue weighted by molar-refractivity contribution is -0.116. The van der Waals surface area contributed by atoms with E-state index >= 15 is 0 Å². The molecule has 1 amide bonds. The molecule has 0 saturated heterocycles. The Morgan fingerprint density at radius 2 is 1.73 bits per heavy atom. The highest BCUT2D eigenvalue weighted by molar-refractivity contribution is 6.04. The Hall–Kier alpha value is -2.69. The second kappa shape index (κ2) is 5.60. The number of rotatable bonds is 4. The van der Waals surface area contributed by atoms with E-state index in [1.54, 1.807) is 20.3 Å². The molecule has 2 aromatic rings. The van der Waals surface area contributed by atoms with Crippen LogP contribution in [-0.2, 0) is 4.79 Å². The number of methoxy groups -OCH3 is 2. The molecule has 0 radical (unpaired) electrons. The van der Waals surface area contributed by atoms with Crippen molar-refractivity contribution in [3.63, 3.8) is 0 Å². The summed E-state index contributed by atoms with van der Waals surface area (Å²) in [6.07, 6.45) is 0. The molecule has 0 aliphatic carbocycles. The molecule has 114 valence electrons. The van der Waals surface area contributed by atoms with Crippen molar-refractivity contribution in [2.45, 2.75) is 13.0 Å². The number of amides is 1. The molecule has 5 heteroatoms. The number of hydrogen-bond donors (Lipinski definition) is 2. The fraction of sp³-hybridized carbons (Fsp3) is 0.235. The maximum atomic E-state index is 12.2. The van der Waals surface area contributed by atoms with Crippen LogP contribution in [0.1, 0.15) is 17.2 Å². The van der Waals surface area contributed by atoms with Crippen LogP contribution >= 0.6 is 0 Å². The van der Waals surface area contributed by atoms with E-state index in [0.29, 0.717) is 11.5 Å². The van der Waals surface area contributed by atoms with Gasteiger partial charge in [-0.3, -0.25) is 4.79 Å². The summed E-state index contributed by atoms with van der Waals surface area (Å²) in [6, 6.07) is 11.0. The summed E-state index contributed by atoms with van der Waals surface area (Å²) in [7, 11) is 3.19. The zero-order valence-corrected chi connectivity index (χ0v) is 12.8. The van der Waals surface area contributed by atoms with Gasteiger partial charge in [0.1, 0.15) is 17.5 Å². The number of anilines is 2. The van der Waals surface area contributed by atoms with E-state index in [1.165, 1.54) is 0 Å². The summed E-state index contributed by atoms with van der Waals surface area (Å²) >= 11 is 0. The first-order chi connectivity index (χ1) is 10.6. The quantitative estimate of drug-likeness (QED) is 0.910. The monoisotopic (exact) mass is 298 g/mol. The maximum absolute atomic E-state index is 12.2. The molecule has 1 unspecified atom stereocenters. The molecule has 0 fully saturated rings. The Labute approximate surface area is 129 Å². The molecule has 2 N–H and O–H groups in total. The molecule has 0 aromatic heterocycles. The molecule has 0 spiro atoms. The van der Waals surface area contributed by atoms with Crippen LogP contribution in [0, 0.1) is 6.92 Å². The Morgan fingerprint density at radius 3 is 2.36 bits per heavy atom. The molecule has 22 heavy (non-hydrogen) atoms. The third-order valence-corrected chi connectivity index (χ3v) is 3.70. The molecule has 2 aromatic carbocycles. The zero-order valence-electron chi connectivity index (χ0n) is 12.8. The molecule has 1 aliphatic rings. The van der Waals surface area contributed by atoms with E-state index in [9.17, 15) is 4.79 Å². The van der Waals surface area contributed by atoms with Gasteiger partial charge < -0.3 is 20.1 Å². The molecule has 5 nitrogen and oxygen atoms in total. The van der Waals surface area contributed by atoms with Crippen molar-refractivity contribution in [3.8, 4) is 11.5 Å². The molecule has 0 saturated carbocycles. The molecule has 1 aliphatic heterocycles. The first-order valence-electron chi connectivity index (χ1n) is 7.01. The molecule has 1 atom stereocenters. The van der Waals surface area contributed by atoms with Gasteiger partial charge in [0, 0.05) is 35.1 Å². The third-order valence-electron chi connectivity index (χ3n) is 3.70. The number of carbonyl (C=O) groups is 1. The van der Waals surface area contributed by atoms with E-state index in [1.807, 2.05) is 37.3 Å². The topological polar surface area (TPSA) is 59.6 Å². The molecule has 3 rings (SSSR count). The van der Waals surface area contributed by atoms with Crippen LogP contribution < -0.4 is 20.1 Å². The van der Waals surface area contributed by atoms with Crippen molar-refractivity contribution < 1.29 is 14.3 Å². The fourth-order valence-corrected chi connectivity index (χ4v) is 2.58. The van der Waals surface area contributed by atoms with Crippen molar-refractivity contribution in [2.24, 2.45) is 0 Å². The lowest BCUT2D eigenvalue weighted by Gasteiger charge is -2.15. The van der Waals surface area contributed by atoms with Crippen molar-refractivity contribution in [2.75, 3.05) is 24.9 Å². The predicted octanol–water partition coefficient (Wildman–Crippen LogP) is 3.12. The van der Waals surface area contributed by atoms with Crippen LogP contribution in [0.25, 0.3) is 0 Å². The Balaban J connectivity index is 1.94. The number of aryl methyl sites for hydroxylation is 1. The highest BCUT2D eigenvalue weighted by Crippen LogP contribution is 2.35. The van der Waals surface area contributed by atoms with Gasteiger partial charge in [0.25, 0.3) is 5.91 Å². The maximum Gasteiger partial charge on any atom is 0.251 e. The second-order valence-electron chi connectivity index (χ2n) is 5.26. The van der Waals surface area contributed by atoms with Gasteiger partial charge in [-0.25, -0.2) is 0 Å². The van der Waals surface area contributed by atoms with E-state index < -0.39 is 6.04 Å². The van der Waals surface area contributed by atoms with Crippen LogP contribution in [0.4, 0.5) is 11.4 Å². The summed E-state index contributed by atoms with van der Waals surface area (Å²) in [6.45, 7) is 2.01. The first kappa shape index (κ1) is 14.3. The minimum Gasteiger partial charge on any atom is -0.497 e. The summed E-state index contributed by atoms with van der Waals surface area (Å²) in [5.74, 6) is 1.27. The van der Waals surface area contributed by atoms with E-state index in [4.69, 9.17) is 9.47 Å². The van der Waals surface area contributed by atoms with Crippen LogP contribution in [0.3, 0.4) is 0 Å².